The van der Waals surface area contributed by atoms with E-state index >= 15 is 0 Å². The van der Waals surface area contributed by atoms with Gasteiger partial charge >= 0.3 is 0 Å². The van der Waals surface area contributed by atoms with Crippen molar-refractivity contribution < 1.29 is 9.21 Å². The van der Waals surface area contributed by atoms with Gasteiger partial charge in [0.2, 0.25) is 5.91 Å². The lowest BCUT2D eigenvalue weighted by molar-refractivity contribution is -0.126. The second kappa shape index (κ2) is 6.24. The fraction of sp³-hybridized carbons (Fsp3) is 0.263. The van der Waals surface area contributed by atoms with Gasteiger partial charge in [-0.1, -0.05) is 12.1 Å². The van der Waals surface area contributed by atoms with Gasteiger partial charge in [0.25, 0.3) is 0 Å². The number of likely N-dealkylation sites (tertiary alicyclic amines) is 1. The molecule has 0 spiro atoms. The van der Waals surface area contributed by atoms with E-state index in [9.17, 15) is 4.79 Å². The van der Waals surface area contributed by atoms with Crippen molar-refractivity contribution in [2.24, 2.45) is 0 Å². The Morgan fingerprint density at radius 2 is 2.21 bits per heavy atom. The minimum Gasteiger partial charge on any atom is -0.462 e. The fourth-order valence-electron chi connectivity index (χ4n) is 3.11. The van der Waals surface area contributed by atoms with Gasteiger partial charge in [-0.15, -0.1) is 11.3 Å². The van der Waals surface area contributed by atoms with E-state index in [-0.39, 0.29) is 11.9 Å². The summed E-state index contributed by atoms with van der Waals surface area (Å²) in [6.45, 7) is 2.67. The van der Waals surface area contributed by atoms with Crippen LogP contribution in [0.25, 0.3) is 16.3 Å². The molecule has 0 unspecified atom stereocenters. The van der Waals surface area contributed by atoms with Gasteiger partial charge < -0.3 is 9.32 Å². The summed E-state index contributed by atoms with van der Waals surface area (Å²) in [4.78, 5) is 19.3. The summed E-state index contributed by atoms with van der Waals surface area (Å²) in [5.74, 6) is 1.57. The van der Waals surface area contributed by atoms with Gasteiger partial charge in [-0.05, 0) is 50.1 Å². The van der Waals surface area contributed by atoms with E-state index in [0.29, 0.717) is 5.76 Å². The first kappa shape index (κ1) is 15.1. The highest BCUT2D eigenvalue weighted by atomic mass is 32.1. The standard InChI is InChI=1S/C19H18N2O2S/c1-13-8-9-14(23-13)10-11-18(22)21-12-4-6-16(21)19-20-15-5-2-3-7-17(15)24-19/h2-3,5,7-11,16H,4,6,12H2,1H3/b11-10+/t16-/m1/s1. The van der Waals surface area contributed by atoms with Crippen molar-refractivity contribution in [2.75, 3.05) is 6.54 Å². The molecule has 0 saturated carbocycles. The Morgan fingerprint density at radius 1 is 1.33 bits per heavy atom. The van der Waals surface area contributed by atoms with E-state index in [1.807, 2.05) is 42.2 Å². The van der Waals surface area contributed by atoms with Crippen LogP contribution in [0.1, 0.15) is 35.4 Å². The van der Waals surface area contributed by atoms with E-state index in [1.165, 1.54) is 4.70 Å². The molecule has 4 rings (SSSR count). The summed E-state index contributed by atoms with van der Waals surface area (Å²) in [7, 11) is 0. The minimum atomic E-state index is 0.0193. The molecule has 2 aromatic heterocycles. The third-order valence-electron chi connectivity index (χ3n) is 4.28. The normalized spacial score (nSPS) is 18.0. The summed E-state index contributed by atoms with van der Waals surface area (Å²) in [6, 6.07) is 12.0. The molecule has 1 aliphatic rings. The number of carbonyl (C=O) groups is 1. The highest BCUT2D eigenvalue weighted by Crippen LogP contribution is 2.36. The predicted molar refractivity (Wildman–Crippen MR) is 95.8 cm³/mol. The topological polar surface area (TPSA) is 46.3 Å². The minimum absolute atomic E-state index is 0.0193. The monoisotopic (exact) mass is 338 g/mol. The summed E-state index contributed by atoms with van der Waals surface area (Å²) in [6.07, 6.45) is 5.33. The van der Waals surface area contributed by atoms with Crippen LogP contribution in [0.5, 0.6) is 0 Å². The van der Waals surface area contributed by atoms with Crippen LogP contribution >= 0.6 is 11.3 Å². The summed E-state index contributed by atoms with van der Waals surface area (Å²) in [5, 5.41) is 1.03. The number of hydrogen-bond acceptors (Lipinski definition) is 4. The maximum Gasteiger partial charge on any atom is 0.247 e. The van der Waals surface area contributed by atoms with Crippen molar-refractivity contribution in [2.45, 2.75) is 25.8 Å². The number of hydrogen-bond donors (Lipinski definition) is 0. The zero-order chi connectivity index (χ0) is 16.5. The number of thiazole rings is 1. The maximum absolute atomic E-state index is 12.6. The largest absolute Gasteiger partial charge is 0.462 e. The first-order valence-electron chi connectivity index (χ1n) is 8.11. The van der Waals surface area contributed by atoms with Crippen molar-refractivity contribution >= 4 is 33.5 Å². The van der Waals surface area contributed by atoms with Gasteiger partial charge in [-0.25, -0.2) is 4.98 Å². The Hall–Kier alpha value is -2.40. The van der Waals surface area contributed by atoms with Gasteiger partial charge in [0.1, 0.15) is 16.5 Å². The summed E-state index contributed by atoms with van der Waals surface area (Å²) < 4.78 is 6.65. The van der Waals surface area contributed by atoms with Gasteiger partial charge in [-0.3, -0.25) is 4.79 Å². The van der Waals surface area contributed by atoms with Crippen LogP contribution in [-0.2, 0) is 4.79 Å². The molecule has 0 radical (unpaired) electrons. The van der Waals surface area contributed by atoms with Crippen LogP contribution in [-0.4, -0.2) is 22.3 Å². The molecule has 1 amide bonds. The molecule has 1 saturated heterocycles. The first-order chi connectivity index (χ1) is 11.7. The van der Waals surface area contributed by atoms with Crippen molar-refractivity contribution in [3.63, 3.8) is 0 Å². The lowest BCUT2D eigenvalue weighted by Gasteiger charge is -2.21. The van der Waals surface area contributed by atoms with Crippen LogP contribution in [0, 0.1) is 6.92 Å². The van der Waals surface area contributed by atoms with Crippen molar-refractivity contribution in [1.29, 1.82) is 0 Å². The average Bonchev–Trinajstić information content (AvgIpc) is 3.30. The fourth-order valence-corrected chi connectivity index (χ4v) is 4.23. The molecule has 122 valence electrons. The van der Waals surface area contributed by atoms with Crippen LogP contribution in [0.3, 0.4) is 0 Å². The third-order valence-corrected chi connectivity index (χ3v) is 5.42. The highest BCUT2D eigenvalue weighted by molar-refractivity contribution is 7.18. The van der Waals surface area contributed by atoms with Gasteiger partial charge in [0.05, 0.1) is 16.3 Å². The number of carbonyl (C=O) groups excluding carboxylic acids is 1. The van der Waals surface area contributed by atoms with E-state index in [1.54, 1.807) is 23.5 Å². The van der Waals surface area contributed by atoms with Crippen LogP contribution < -0.4 is 0 Å². The molecule has 0 N–H and O–H groups in total. The number of aryl methyl sites for hydroxylation is 1. The molecule has 24 heavy (non-hydrogen) atoms. The molecular weight excluding hydrogens is 320 g/mol. The molecule has 1 aliphatic heterocycles. The predicted octanol–water partition coefficient (Wildman–Crippen LogP) is 4.57. The number of benzene rings is 1. The summed E-state index contributed by atoms with van der Waals surface area (Å²) >= 11 is 1.69. The number of furan rings is 1. The lowest BCUT2D eigenvalue weighted by Crippen LogP contribution is -2.28. The number of aromatic nitrogens is 1. The first-order valence-corrected chi connectivity index (χ1v) is 8.93. The van der Waals surface area contributed by atoms with E-state index < -0.39 is 0 Å². The zero-order valence-corrected chi connectivity index (χ0v) is 14.3. The Kier molecular flexibility index (Phi) is 3.94. The molecular formula is C19H18N2O2S. The number of nitrogens with zero attached hydrogens (tertiary/aromatic N) is 2. The van der Waals surface area contributed by atoms with Crippen LogP contribution in [0.15, 0.2) is 46.9 Å². The second-order valence-corrected chi connectivity index (χ2v) is 7.05. The molecule has 0 bridgehead atoms. The molecule has 1 atom stereocenters. The van der Waals surface area contributed by atoms with E-state index in [2.05, 4.69) is 6.07 Å². The highest BCUT2D eigenvalue weighted by Gasteiger charge is 2.31. The molecule has 3 heterocycles. The second-order valence-electron chi connectivity index (χ2n) is 5.99. The molecule has 0 aliphatic carbocycles. The number of amides is 1. The van der Waals surface area contributed by atoms with Gasteiger partial charge in [-0.2, -0.15) is 0 Å². The maximum atomic E-state index is 12.6. The molecule has 3 aromatic rings. The number of fused-ring (bicyclic) bond motifs is 1. The van der Waals surface area contributed by atoms with Crippen molar-refractivity contribution in [3.8, 4) is 0 Å². The lowest BCUT2D eigenvalue weighted by atomic mass is 10.2. The molecule has 1 fully saturated rings. The van der Waals surface area contributed by atoms with E-state index in [4.69, 9.17) is 9.40 Å². The van der Waals surface area contributed by atoms with E-state index in [0.717, 1.165) is 35.7 Å². The smallest absolute Gasteiger partial charge is 0.247 e. The third kappa shape index (κ3) is 2.87. The SMILES string of the molecule is Cc1ccc(/C=C/C(=O)N2CCC[C@@H]2c2nc3ccccc3s2)o1. The van der Waals surface area contributed by atoms with Crippen LogP contribution in [0.4, 0.5) is 0 Å². The Labute approximate surface area is 144 Å². The van der Waals surface area contributed by atoms with Crippen LogP contribution in [0.2, 0.25) is 0 Å². The molecule has 5 heteroatoms. The van der Waals surface area contributed by atoms with Gasteiger partial charge in [0.15, 0.2) is 0 Å². The summed E-state index contributed by atoms with van der Waals surface area (Å²) in [5.41, 5.74) is 1.01. The zero-order valence-electron chi connectivity index (χ0n) is 13.4. The average molecular weight is 338 g/mol. The Morgan fingerprint density at radius 3 is 3.00 bits per heavy atom. The Bertz CT molecular complexity index is 876. The van der Waals surface area contributed by atoms with Gasteiger partial charge in [0, 0.05) is 12.6 Å². The Balaban J connectivity index is 1.55. The number of rotatable bonds is 3. The number of para-hydroxylation sites is 1. The molecule has 1 aromatic carbocycles. The van der Waals surface area contributed by atoms with Crippen molar-refractivity contribution in [3.05, 3.63) is 59.0 Å². The molecule has 4 nitrogen and oxygen atoms in total. The quantitative estimate of drug-likeness (QED) is 0.657. The van der Waals surface area contributed by atoms with Crippen molar-refractivity contribution in [1.82, 2.24) is 9.88 Å².